The Morgan fingerprint density at radius 2 is 2.08 bits per heavy atom. The van der Waals surface area contributed by atoms with E-state index >= 15 is 0 Å². The molecule has 7 nitrogen and oxygen atoms in total. The van der Waals surface area contributed by atoms with E-state index in [1.807, 2.05) is 43.3 Å². The van der Waals surface area contributed by atoms with Crippen molar-refractivity contribution in [3.63, 3.8) is 0 Å². The Morgan fingerprint density at radius 1 is 1.23 bits per heavy atom. The molecule has 1 aromatic carbocycles. The number of H-pyrrole nitrogens is 1. The van der Waals surface area contributed by atoms with Crippen LogP contribution in [0.25, 0.3) is 0 Å². The van der Waals surface area contributed by atoms with Gasteiger partial charge in [0.25, 0.3) is 5.91 Å². The number of carbonyl (C=O) groups is 1. The van der Waals surface area contributed by atoms with Crippen molar-refractivity contribution in [2.75, 3.05) is 6.61 Å². The first-order chi connectivity index (χ1) is 12.8. The summed E-state index contributed by atoms with van der Waals surface area (Å²) < 4.78 is 5.47. The number of thioether (sulfide) groups is 1. The maximum atomic E-state index is 12.3. The van der Waals surface area contributed by atoms with E-state index in [0.29, 0.717) is 24.6 Å². The second-order valence-electron chi connectivity index (χ2n) is 5.36. The molecule has 0 aliphatic rings. The van der Waals surface area contributed by atoms with Gasteiger partial charge in [-0.3, -0.25) is 9.89 Å². The van der Waals surface area contributed by atoms with Crippen LogP contribution in [0.15, 0.2) is 54.1 Å². The number of amides is 1. The molecule has 2 aromatic heterocycles. The average molecular weight is 369 g/mol. The lowest BCUT2D eigenvalue weighted by atomic mass is 10.1. The van der Waals surface area contributed by atoms with Crippen molar-refractivity contribution in [2.24, 2.45) is 0 Å². The molecule has 0 atom stereocenters. The van der Waals surface area contributed by atoms with Crippen LogP contribution in [0.4, 0.5) is 0 Å². The third kappa shape index (κ3) is 4.82. The first-order valence-electron chi connectivity index (χ1n) is 8.18. The molecule has 1 amide bonds. The molecule has 26 heavy (non-hydrogen) atoms. The fourth-order valence-corrected chi connectivity index (χ4v) is 3.01. The average Bonchev–Trinajstić information content (AvgIpc) is 3.20. The molecule has 0 aliphatic heterocycles. The summed E-state index contributed by atoms with van der Waals surface area (Å²) in [4.78, 5) is 20.6. The Hall–Kier alpha value is -2.87. The van der Waals surface area contributed by atoms with Crippen molar-refractivity contribution < 1.29 is 9.53 Å². The van der Waals surface area contributed by atoms with Gasteiger partial charge in [-0.05, 0) is 30.7 Å². The van der Waals surface area contributed by atoms with Crippen LogP contribution < -0.4 is 10.1 Å². The van der Waals surface area contributed by atoms with Crippen LogP contribution in [-0.2, 0) is 12.3 Å². The topological polar surface area (TPSA) is 92.8 Å². The lowest BCUT2D eigenvalue weighted by molar-refractivity contribution is 0.0950. The van der Waals surface area contributed by atoms with Gasteiger partial charge >= 0.3 is 0 Å². The van der Waals surface area contributed by atoms with Gasteiger partial charge in [-0.15, -0.1) is 0 Å². The third-order valence-electron chi connectivity index (χ3n) is 3.56. The summed E-state index contributed by atoms with van der Waals surface area (Å²) in [5, 5.41) is 10.3. The van der Waals surface area contributed by atoms with Gasteiger partial charge in [0, 0.05) is 29.6 Å². The maximum absolute atomic E-state index is 12.3. The van der Waals surface area contributed by atoms with Crippen molar-refractivity contribution in [3.8, 4) is 5.88 Å². The van der Waals surface area contributed by atoms with Crippen LogP contribution in [0.5, 0.6) is 5.88 Å². The number of aromatic nitrogens is 4. The van der Waals surface area contributed by atoms with Gasteiger partial charge in [0.05, 0.1) is 6.61 Å². The molecular weight excluding hydrogens is 350 g/mol. The molecular formula is C18H19N5O2S. The normalized spacial score (nSPS) is 10.5. The van der Waals surface area contributed by atoms with Crippen LogP contribution in [0.2, 0.25) is 0 Å². The number of carbonyl (C=O) groups excluding carboxylic acids is 1. The molecule has 0 saturated heterocycles. The summed E-state index contributed by atoms with van der Waals surface area (Å²) >= 11 is 1.56. The van der Waals surface area contributed by atoms with E-state index < -0.39 is 0 Å². The zero-order valence-electron chi connectivity index (χ0n) is 14.3. The minimum Gasteiger partial charge on any atom is -0.478 e. The second-order valence-corrected chi connectivity index (χ2v) is 6.32. The minimum absolute atomic E-state index is 0.134. The molecule has 0 fully saturated rings. The van der Waals surface area contributed by atoms with Crippen LogP contribution in [0, 0.1) is 0 Å². The van der Waals surface area contributed by atoms with Crippen molar-refractivity contribution in [1.29, 1.82) is 0 Å². The number of pyridine rings is 1. The van der Waals surface area contributed by atoms with E-state index in [-0.39, 0.29) is 5.91 Å². The number of ether oxygens (including phenoxy) is 1. The molecule has 0 spiro atoms. The number of hydrogen-bond donors (Lipinski definition) is 2. The molecule has 134 valence electrons. The molecule has 3 rings (SSSR count). The Labute approximate surface area is 155 Å². The Kier molecular flexibility index (Phi) is 6.21. The standard InChI is InChI=1S/C18H19N5O2S/c1-2-25-17-15(4-3-9-19-17)10-20-16(24)14-7-5-13(6-8-14)11-26-18-21-12-22-23-18/h3-9,12H,2,10-11H2,1H3,(H,20,24)(H,21,22,23). The number of hydrogen-bond acceptors (Lipinski definition) is 6. The zero-order chi connectivity index (χ0) is 18.2. The quantitative estimate of drug-likeness (QED) is 0.593. The first kappa shape index (κ1) is 17.9. The monoisotopic (exact) mass is 369 g/mol. The van der Waals surface area contributed by atoms with Crippen molar-refractivity contribution in [1.82, 2.24) is 25.5 Å². The number of nitrogens with zero attached hydrogens (tertiary/aromatic N) is 3. The highest BCUT2D eigenvalue weighted by Crippen LogP contribution is 2.19. The predicted octanol–water partition coefficient (Wildman–Crippen LogP) is 2.82. The molecule has 0 saturated carbocycles. The highest BCUT2D eigenvalue weighted by atomic mass is 32.2. The summed E-state index contributed by atoms with van der Waals surface area (Å²) in [5.74, 6) is 1.17. The van der Waals surface area contributed by atoms with E-state index in [9.17, 15) is 4.79 Å². The molecule has 0 bridgehead atoms. The SMILES string of the molecule is CCOc1ncccc1CNC(=O)c1ccc(CSc2ncn[nH]2)cc1. The van der Waals surface area contributed by atoms with E-state index in [0.717, 1.165) is 22.0 Å². The van der Waals surface area contributed by atoms with Crippen molar-refractivity contribution in [2.45, 2.75) is 24.4 Å². The van der Waals surface area contributed by atoms with E-state index in [2.05, 4.69) is 25.5 Å². The number of benzene rings is 1. The second kappa shape index (κ2) is 9.00. The highest BCUT2D eigenvalue weighted by Gasteiger charge is 2.09. The summed E-state index contributed by atoms with van der Waals surface area (Å²) in [6.45, 7) is 2.80. The molecule has 0 aliphatic carbocycles. The Morgan fingerprint density at radius 3 is 2.81 bits per heavy atom. The summed E-state index contributed by atoms with van der Waals surface area (Å²) in [6.07, 6.45) is 3.15. The lowest BCUT2D eigenvalue weighted by Gasteiger charge is -2.10. The van der Waals surface area contributed by atoms with Crippen LogP contribution in [0.1, 0.15) is 28.4 Å². The maximum Gasteiger partial charge on any atom is 0.251 e. The van der Waals surface area contributed by atoms with Gasteiger partial charge in [-0.1, -0.05) is 30.0 Å². The molecule has 3 aromatic rings. The fourth-order valence-electron chi connectivity index (χ4n) is 2.27. The lowest BCUT2D eigenvalue weighted by Crippen LogP contribution is -2.23. The van der Waals surface area contributed by atoms with E-state index in [1.54, 1.807) is 18.0 Å². The van der Waals surface area contributed by atoms with Gasteiger partial charge in [0.15, 0.2) is 5.16 Å². The van der Waals surface area contributed by atoms with Crippen LogP contribution in [-0.4, -0.2) is 32.7 Å². The fraction of sp³-hybridized carbons (Fsp3) is 0.222. The van der Waals surface area contributed by atoms with Gasteiger partial charge < -0.3 is 10.1 Å². The molecule has 8 heteroatoms. The van der Waals surface area contributed by atoms with Gasteiger partial charge in [-0.2, -0.15) is 5.10 Å². The molecule has 2 N–H and O–H groups in total. The van der Waals surface area contributed by atoms with E-state index in [4.69, 9.17) is 4.74 Å². The molecule has 2 heterocycles. The largest absolute Gasteiger partial charge is 0.478 e. The van der Waals surface area contributed by atoms with E-state index in [1.165, 1.54) is 6.33 Å². The predicted molar refractivity (Wildman–Crippen MR) is 99.0 cm³/mol. The van der Waals surface area contributed by atoms with Gasteiger partial charge in [0.2, 0.25) is 5.88 Å². The Bertz CT molecular complexity index is 837. The van der Waals surface area contributed by atoms with Crippen molar-refractivity contribution in [3.05, 3.63) is 65.6 Å². The van der Waals surface area contributed by atoms with Crippen LogP contribution in [0.3, 0.4) is 0 Å². The summed E-state index contributed by atoms with van der Waals surface area (Å²) in [7, 11) is 0. The third-order valence-corrected chi connectivity index (χ3v) is 4.50. The molecule has 0 radical (unpaired) electrons. The highest BCUT2D eigenvalue weighted by molar-refractivity contribution is 7.98. The van der Waals surface area contributed by atoms with Crippen LogP contribution >= 0.6 is 11.8 Å². The van der Waals surface area contributed by atoms with Gasteiger partial charge in [0.1, 0.15) is 6.33 Å². The zero-order valence-corrected chi connectivity index (χ0v) is 15.1. The smallest absolute Gasteiger partial charge is 0.251 e. The number of nitrogens with one attached hydrogen (secondary N) is 2. The minimum atomic E-state index is -0.134. The number of aromatic amines is 1. The number of rotatable bonds is 8. The summed E-state index contributed by atoms with van der Waals surface area (Å²) in [5.41, 5.74) is 2.57. The molecule has 0 unspecified atom stereocenters. The first-order valence-corrected chi connectivity index (χ1v) is 9.17. The van der Waals surface area contributed by atoms with Gasteiger partial charge in [-0.25, -0.2) is 9.97 Å². The van der Waals surface area contributed by atoms with Crippen molar-refractivity contribution >= 4 is 17.7 Å². The Balaban J connectivity index is 1.55. The summed E-state index contributed by atoms with van der Waals surface area (Å²) in [6, 6.07) is 11.2.